The average molecular weight is 188 g/mol. The van der Waals surface area contributed by atoms with Gasteiger partial charge in [-0.15, -0.1) is 5.10 Å². The van der Waals surface area contributed by atoms with Gasteiger partial charge in [0.15, 0.2) is 0 Å². The Labute approximate surface area is 103 Å². The predicted octanol–water partition coefficient (Wildman–Crippen LogP) is -1.90. The van der Waals surface area contributed by atoms with E-state index in [0.29, 0.717) is 0 Å². The van der Waals surface area contributed by atoms with Crippen LogP contribution < -0.4 is 51.4 Å². The first-order valence-electron chi connectivity index (χ1n) is 1.50. The molecule has 8 heavy (non-hydrogen) atoms. The van der Waals surface area contributed by atoms with Crippen molar-refractivity contribution in [2.24, 2.45) is 0 Å². The van der Waals surface area contributed by atoms with Gasteiger partial charge in [0.2, 0.25) is 0 Å². The molecular formula is C2HKN2S3. The van der Waals surface area contributed by atoms with Crippen molar-refractivity contribution in [3.05, 3.63) is 5.38 Å². The van der Waals surface area contributed by atoms with Crippen molar-refractivity contribution in [3.63, 3.8) is 0 Å². The molecule has 0 aliphatic heterocycles. The number of hydrogen-bond donors (Lipinski definition) is 0. The quantitative estimate of drug-likeness (QED) is 0.292. The molecule has 0 aromatic carbocycles. The molecule has 1 aromatic rings. The van der Waals surface area contributed by atoms with Crippen LogP contribution in [0.5, 0.6) is 0 Å². The number of rotatable bonds is 1. The van der Waals surface area contributed by atoms with Crippen LogP contribution in [-0.4, -0.2) is 9.59 Å². The maximum atomic E-state index is 4.59. The Morgan fingerprint density at radius 1 is 1.75 bits per heavy atom. The maximum absolute atomic E-state index is 4.59. The zero-order chi connectivity index (χ0) is 5.11. The fourth-order valence-corrected chi connectivity index (χ4v) is 1.38. The largest absolute Gasteiger partial charge is 1.00 e. The minimum atomic E-state index is 0. The molecule has 1 rings (SSSR count). The van der Waals surface area contributed by atoms with Gasteiger partial charge >= 0.3 is 51.4 Å². The second-order valence-electron chi connectivity index (χ2n) is 0.826. The first kappa shape index (κ1) is 9.90. The molecule has 0 saturated heterocycles. The smallest absolute Gasteiger partial charge is 0.712 e. The molecule has 0 aliphatic rings. The molecule has 1 aromatic heterocycles. The summed E-state index contributed by atoms with van der Waals surface area (Å²) in [7, 11) is 1.20. The number of hydrogen-bond acceptors (Lipinski definition) is 5. The Hall–Kier alpha value is 1.90. The molecule has 0 spiro atoms. The van der Waals surface area contributed by atoms with Crippen LogP contribution in [0.25, 0.3) is 0 Å². The van der Waals surface area contributed by atoms with Crippen LogP contribution in [-0.2, 0) is 11.7 Å². The van der Waals surface area contributed by atoms with Crippen molar-refractivity contribution >= 4 is 34.0 Å². The average Bonchev–Trinajstić information content (AvgIpc) is 2.14. The first-order valence-corrected chi connectivity index (χ1v) is 4.08. The van der Waals surface area contributed by atoms with E-state index >= 15 is 0 Å². The normalized spacial score (nSPS) is 8.12. The van der Waals surface area contributed by atoms with E-state index in [1.165, 1.54) is 22.3 Å². The summed E-state index contributed by atoms with van der Waals surface area (Å²) in [5.41, 5.74) is 0. The van der Waals surface area contributed by atoms with E-state index in [2.05, 4.69) is 21.2 Å². The Balaban J connectivity index is 0.000000490. The summed E-state index contributed by atoms with van der Waals surface area (Å²) in [6.45, 7) is 0. The monoisotopic (exact) mass is 188 g/mol. The zero-order valence-corrected chi connectivity index (χ0v) is 9.77. The molecule has 0 bridgehead atoms. The predicted molar refractivity (Wildman–Crippen MR) is 33.1 cm³/mol. The molecule has 38 valence electrons. The Morgan fingerprint density at radius 2 is 2.50 bits per heavy atom. The van der Waals surface area contributed by atoms with Crippen molar-refractivity contribution in [2.45, 2.75) is 5.03 Å². The summed E-state index contributed by atoms with van der Waals surface area (Å²) in [5, 5.41) is 6.30. The fraction of sp³-hybridized carbons (Fsp3) is 0. The van der Waals surface area contributed by atoms with Crippen LogP contribution in [0.3, 0.4) is 0 Å². The van der Waals surface area contributed by atoms with Gasteiger partial charge in [-0.05, 0) is 11.5 Å². The molecule has 0 atom stereocenters. The molecule has 0 aliphatic carbocycles. The van der Waals surface area contributed by atoms with Crippen LogP contribution in [0.4, 0.5) is 0 Å². The summed E-state index contributed by atoms with van der Waals surface area (Å²) < 4.78 is 3.60. The van der Waals surface area contributed by atoms with Crippen molar-refractivity contribution < 1.29 is 51.4 Å². The van der Waals surface area contributed by atoms with Gasteiger partial charge in [0.05, 0.1) is 0 Å². The van der Waals surface area contributed by atoms with Crippen molar-refractivity contribution in [3.8, 4) is 0 Å². The molecule has 0 unspecified atom stereocenters. The van der Waals surface area contributed by atoms with E-state index in [1.807, 2.05) is 5.38 Å². The zero-order valence-electron chi connectivity index (χ0n) is 4.20. The SMILES string of the molecule is [K+].[S-]Sc1csnn1. The molecule has 0 saturated carbocycles. The van der Waals surface area contributed by atoms with Crippen LogP contribution in [0.15, 0.2) is 10.4 Å². The number of nitrogens with zero attached hydrogens (tertiary/aromatic N) is 2. The topological polar surface area (TPSA) is 25.8 Å². The molecule has 2 nitrogen and oxygen atoms in total. The van der Waals surface area contributed by atoms with Crippen molar-refractivity contribution in [2.75, 3.05) is 0 Å². The van der Waals surface area contributed by atoms with E-state index in [0.717, 1.165) is 5.03 Å². The minimum absolute atomic E-state index is 0. The minimum Gasteiger partial charge on any atom is -0.712 e. The molecule has 6 heteroatoms. The van der Waals surface area contributed by atoms with Gasteiger partial charge in [0.1, 0.15) is 5.03 Å². The molecule has 0 fully saturated rings. The first-order chi connectivity index (χ1) is 3.43. The van der Waals surface area contributed by atoms with Gasteiger partial charge in [-0.1, -0.05) is 4.49 Å². The fourth-order valence-electron chi connectivity index (χ4n) is 0.192. The van der Waals surface area contributed by atoms with E-state index < -0.39 is 0 Å². The molecular weight excluding hydrogens is 187 g/mol. The third kappa shape index (κ3) is 3.16. The van der Waals surface area contributed by atoms with Gasteiger partial charge < -0.3 is 11.7 Å². The van der Waals surface area contributed by atoms with Crippen molar-refractivity contribution in [1.82, 2.24) is 9.59 Å². The van der Waals surface area contributed by atoms with Gasteiger partial charge in [-0.3, -0.25) is 10.8 Å². The summed E-state index contributed by atoms with van der Waals surface area (Å²) in [4.78, 5) is 0. The summed E-state index contributed by atoms with van der Waals surface area (Å²) in [6, 6.07) is 0. The van der Waals surface area contributed by atoms with E-state index in [9.17, 15) is 0 Å². The second kappa shape index (κ2) is 5.66. The Morgan fingerprint density at radius 3 is 2.75 bits per heavy atom. The molecule has 0 N–H and O–H groups in total. The van der Waals surface area contributed by atoms with Gasteiger partial charge in [0, 0.05) is 5.38 Å². The van der Waals surface area contributed by atoms with E-state index in [-0.39, 0.29) is 51.4 Å². The molecule has 1 heterocycles. The van der Waals surface area contributed by atoms with Gasteiger partial charge in [-0.25, -0.2) is 0 Å². The summed E-state index contributed by atoms with van der Waals surface area (Å²) in [5.74, 6) is 0. The van der Waals surface area contributed by atoms with Crippen LogP contribution in [0.2, 0.25) is 0 Å². The third-order valence-electron chi connectivity index (χ3n) is 0.425. The number of aromatic nitrogens is 2. The third-order valence-corrected chi connectivity index (χ3v) is 1.96. The van der Waals surface area contributed by atoms with Crippen LogP contribution >= 0.6 is 22.3 Å². The second-order valence-corrected chi connectivity index (χ2v) is 2.52. The Kier molecular flexibility index (Phi) is 7.01. The Bertz CT molecular complexity index is 130. The van der Waals surface area contributed by atoms with E-state index in [4.69, 9.17) is 0 Å². The van der Waals surface area contributed by atoms with Crippen LogP contribution in [0.1, 0.15) is 0 Å². The molecule has 0 radical (unpaired) electrons. The molecule has 0 amide bonds. The standard InChI is InChI=1S/C2H2N2S3.K/c5-7-2-1-6-4-3-2;/h1,5H;/q;+1/p-1. The summed E-state index contributed by atoms with van der Waals surface area (Å²) >= 11 is 5.91. The van der Waals surface area contributed by atoms with Crippen molar-refractivity contribution in [1.29, 1.82) is 0 Å². The van der Waals surface area contributed by atoms with E-state index in [1.54, 1.807) is 0 Å². The van der Waals surface area contributed by atoms with Crippen LogP contribution in [0, 0.1) is 0 Å². The maximum Gasteiger partial charge on any atom is 1.00 e. The summed E-state index contributed by atoms with van der Waals surface area (Å²) in [6.07, 6.45) is 0. The van der Waals surface area contributed by atoms with Gasteiger partial charge in [-0.2, -0.15) is 0 Å². The van der Waals surface area contributed by atoms with Gasteiger partial charge in [0.25, 0.3) is 0 Å².